The average Bonchev–Trinajstić information content (AvgIpc) is 3.00. The largest absolute Gasteiger partial charge is 0.465 e. The normalized spacial score (nSPS) is 28.6. The average molecular weight is 242 g/mol. The molecule has 2 bridgehead atoms. The van der Waals surface area contributed by atoms with Gasteiger partial charge in [-0.05, 0) is 36.2 Å². The highest BCUT2D eigenvalue weighted by Gasteiger charge is 2.36. The minimum Gasteiger partial charge on any atom is -0.465 e. The Bertz CT molecular complexity index is 449. The topological polar surface area (TPSA) is 26.3 Å². The molecule has 1 fully saturated rings. The molecule has 0 aliphatic heterocycles. The quantitative estimate of drug-likeness (QED) is 0.599. The third-order valence-electron chi connectivity index (χ3n) is 4.07. The van der Waals surface area contributed by atoms with E-state index >= 15 is 0 Å². The van der Waals surface area contributed by atoms with Crippen LogP contribution in [-0.2, 0) is 16.0 Å². The number of rotatable bonds is 4. The van der Waals surface area contributed by atoms with E-state index in [4.69, 9.17) is 4.74 Å². The Labute approximate surface area is 108 Å². The highest BCUT2D eigenvalue weighted by Crippen LogP contribution is 2.43. The molecule has 18 heavy (non-hydrogen) atoms. The van der Waals surface area contributed by atoms with E-state index in [2.05, 4.69) is 12.2 Å². The van der Waals surface area contributed by atoms with Crippen molar-refractivity contribution >= 4 is 5.97 Å². The molecule has 0 heterocycles. The van der Waals surface area contributed by atoms with Gasteiger partial charge in [-0.15, -0.1) is 0 Å². The minimum atomic E-state index is -0.104. The Morgan fingerprint density at radius 3 is 2.67 bits per heavy atom. The molecule has 0 saturated heterocycles. The van der Waals surface area contributed by atoms with Crippen LogP contribution < -0.4 is 0 Å². The fourth-order valence-corrected chi connectivity index (χ4v) is 3.10. The molecule has 0 aromatic heterocycles. The summed E-state index contributed by atoms with van der Waals surface area (Å²) in [6.45, 7) is 0.594. The molecule has 1 aromatic carbocycles. The monoisotopic (exact) mass is 242 g/mol. The predicted molar refractivity (Wildman–Crippen MR) is 69.9 cm³/mol. The first-order chi connectivity index (χ1) is 8.81. The van der Waals surface area contributed by atoms with Gasteiger partial charge in [0.25, 0.3) is 0 Å². The second-order valence-corrected chi connectivity index (χ2v) is 5.39. The van der Waals surface area contributed by atoms with E-state index in [9.17, 15) is 4.79 Å². The molecule has 0 spiro atoms. The van der Waals surface area contributed by atoms with Crippen molar-refractivity contribution in [1.29, 1.82) is 0 Å². The van der Waals surface area contributed by atoms with Gasteiger partial charge in [-0.25, -0.2) is 0 Å². The molecule has 3 atom stereocenters. The van der Waals surface area contributed by atoms with Gasteiger partial charge in [0.1, 0.15) is 0 Å². The molecule has 0 amide bonds. The van der Waals surface area contributed by atoms with Crippen molar-refractivity contribution < 1.29 is 9.53 Å². The standard InChI is InChI=1S/C16H18O2/c17-16(10-12-4-2-1-3-5-12)18-11-15-9-13-6-7-14(15)8-13/h1-7,13-15H,8-11H2/t13-,14-,15-/m0/s1. The number of carbonyl (C=O) groups excluding carboxylic acids is 1. The molecule has 0 unspecified atom stereocenters. The Morgan fingerprint density at radius 2 is 2.00 bits per heavy atom. The summed E-state index contributed by atoms with van der Waals surface area (Å²) in [5, 5.41) is 0. The molecule has 1 saturated carbocycles. The van der Waals surface area contributed by atoms with Gasteiger partial charge in [0, 0.05) is 0 Å². The van der Waals surface area contributed by atoms with Gasteiger partial charge < -0.3 is 4.74 Å². The number of hydrogen-bond donors (Lipinski definition) is 0. The second kappa shape index (κ2) is 4.97. The summed E-state index contributed by atoms with van der Waals surface area (Å²) in [5.74, 6) is 1.85. The van der Waals surface area contributed by atoms with E-state index in [0.29, 0.717) is 24.9 Å². The second-order valence-electron chi connectivity index (χ2n) is 5.39. The lowest BCUT2D eigenvalue weighted by Gasteiger charge is -2.17. The number of carbonyl (C=O) groups is 1. The van der Waals surface area contributed by atoms with Gasteiger partial charge in [0.05, 0.1) is 13.0 Å². The van der Waals surface area contributed by atoms with Gasteiger partial charge >= 0.3 is 5.97 Å². The number of ether oxygens (including phenoxy) is 1. The molecule has 0 N–H and O–H groups in total. The SMILES string of the molecule is O=C(Cc1ccccc1)OC[C@@H]1C[C@H]2C=C[C@H]1C2. The molecule has 2 nitrogen and oxygen atoms in total. The number of allylic oxidation sites excluding steroid dienone is 2. The first-order valence-electron chi connectivity index (χ1n) is 6.69. The molecular formula is C16H18O2. The first kappa shape index (κ1) is 11.5. The van der Waals surface area contributed by atoms with E-state index < -0.39 is 0 Å². The lowest BCUT2D eigenvalue weighted by molar-refractivity contribution is -0.144. The predicted octanol–water partition coefficient (Wildman–Crippen LogP) is 2.98. The third-order valence-corrected chi connectivity index (χ3v) is 4.07. The third kappa shape index (κ3) is 2.47. The van der Waals surface area contributed by atoms with Crippen molar-refractivity contribution in [2.75, 3.05) is 6.61 Å². The molecule has 1 aromatic rings. The molecular weight excluding hydrogens is 224 g/mol. The fraction of sp³-hybridized carbons (Fsp3) is 0.438. The van der Waals surface area contributed by atoms with Gasteiger partial charge in [-0.3, -0.25) is 4.79 Å². The maximum absolute atomic E-state index is 11.7. The number of hydrogen-bond acceptors (Lipinski definition) is 2. The van der Waals surface area contributed by atoms with Gasteiger partial charge in [0.15, 0.2) is 0 Å². The summed E-state index contributed by atoms with van der Waals surface area (Å²) in [6.07, 6.45) is 7.45. The van der Waals surface area contributed by atoms with Crippen molar-refractivity contribution in [3.8, 4) is 0 Å². The zero-order chi connectivity index (χ0) is 12.4. The van der Waals surface area contributed by atoms with Crippen LogP contribution >= 0.6 is 0 Å². The Balaban J connectivity index is 1.46. The van der Waals surface area contributed by atoms with Crippen molar-refractivity contribution in [1.82, 2.24) is 0 Å². The number of fused-ring (bicyclic) bond motifs is 2. The summed E-state index contributed by atoms with van der Waals surface area (Å²) >= 11 is 0. The van der Waals surface area contributed by atoms with Crippen LogP contribution in [0.1, 0.15) is 18.4 Å². The van der Waals surface area contributed by atoms with Gasteiger partial charge in [-0.1, -0.05) is 42.5 Å². The van der Waals surface area contributed by atoms with E-state index in [1.807, 2.05) is 30.3 Å². The van der Waals surface area contributed by atoms with Gasteiger partial charge in [-0.2, -0.15) is 0 Å². The Morgan fingerprint density at radius 1 is 1.17 bits per heavy atom. The highest BCUT2D eigenvalue weighted by atomic mass is 16.5. The first-order valence-corrected chi connectivity index (χ1v) is 6.69. The smallest absolute Gasteiger partial charge is 0.310 e. The van der Waals surface area contributed by atoms with Crippen LogP contribution in [0, 0.1) is 17.8 Å². The van der Waals surface area contributed by atoms with Crippen molar-refractivity contribution in [2.24, 2.45) is 17.8 Å². The van der Waals surface area contributed by atoms with Crippen molar-refractivity contribution in [3.05, 3.63) is 48.0 Å². The van der Waals surface area contributed by atoms with Gasteiger partial charge in [0.2, 0.25) is 0 Å². The maximum atomic E-state index is 11.7. The molecule has 94 valence electrons. The summed E-state index contributed by atoms with van der Waals surface area (Å²) < 4.78 is 5.41. The lowest BCUT2D eigenvalue weighted by atomic mass is 9.95. The van der Waals surface area contributed by atoms with Crippen LogP contribution in [-0.4, -0.2) is 12.6 Å². The Kier molecular flexibility index (Phi) is 3.18. The molecule has 2 aliphatic rings. The van der Waals surface area contributed by atoms with Crippen LogP contribution in [0.15, 0.2) is 42.5 Å². The van der Waals surface area contributed by atoms with E-state index in [1.54, 1.807) is 0 Å². The highest BCUT2D eigenvalue weighted by molar-refractivity contribution is 5.72. The summed E-state index contributed by atoms with van der Waals surface area (Å²) in [7, 11) is 0. The molecule has 2 heteroatoms. The maximum Gasteiger partial charge on any atom is 0.310 e. The van der Waals surface area contributed by atoms with Crippen LogP contribution in [0.3, 0.4) is 0 Å². The summed E-state index contributed by atoms with van der Waals surface area (Å²) in [4.78, 5) is 11.7. The zero-order valence-corrected chi connectivity index (χ0v) is 10.4. The van der Waals surface area contributed by atoms with Crippen molar-refractivity contribution in [2.45, 2.75) is 19.3 Å². The fourth-order valence-electron chi connectivity index (χ4n) is 3.10. The number of benzene rings is 1. The van der Waals surface area contributed by atoms with Crippen molar-refractivity contribution in [3.63, 3.8) is 0 Å². The summed E-state index contributed by atoms with van der Waals surface area (Å²) in [5.41, 5.74) is 1.02. The van der Waals surface area contributed by atoms with E-state index in [1.165, 1.54) is 12.8 Å². The van der Waals surface area contributed by atoms with Crippen LogP contribution in [0.25, 0.3) is 0 Å². The lowest BCUT2D eigenvalue weighted by Crippen LogP contribution is -2.18. The van der Waals surface area contributed by atoms with Crippen LogP contribution in [0.4, 0.5) is 0 Å². The molecule has 2 aliphatic carbocycles. The molecule has 0 radical (unpaired) electrons. The van der Waals surface area contributed by atoms with E-state index in [0.717, 1.165) is 11.5 Å². The summed E-state index contributed by atoms with van der Waals surface area (Å²) in [6, 6.07) is 9.77. The zero-order valence-electron chi connectivity index (χ0n) is 10.4. The van der Waals surface area contributed by atoms with E-state index in [-0.39, 0.29) is 5.97 Å². The van der Waals surface area contributed by atoms with Crippen LogP contribution in [0.5, 0.6) is 0 Å². The minimum absolute atomic E-state index is 0.104. The Hall–Kier alpha value is -1.57. The van der Waals surface area contributed by atoms with Crippen LogP contribution in [0.2, 0.25) is 0 Å². The number of esters is 1. The molecule has 3 rings (SSSR count).